The Kier molecular flexibility index (Phi) is 3.38. The summed E-state index contributed by atoms with van der Waals surface area (Å²) in [6, 6.07) is 0. The van der Waals surface area contributed by atoms with E-state index in [1.165, 1.54) is 5.57 Å². The Bertz CT molecular complexity index is 594. The molecule has 0 aromatic heterocycles. The van der Waals surface area contributed by atoms with Crippen molar-refractivity contribution < 1.29 is 9.59 Å². The minimum Gasteiger partial charge on any atom is -0.325 e. The van der Waals surface area contributed by atoms with Gasteiger partial charge in [-0.3, -0.25) is 9.59 Å². The van der Waals surface area contributed by atoms with Crippen LogP contribution in [-0.2, 0) is 9.59 Å². The molecule has 4 heteroatoms. The van der Waals surface area contributed by atoms with Crippen molar-refractivity contribution in [2.45, 2.75) is 39.0 Å². The Hall–Kier alpha value is -1.97. The van der Waals surface area contributed by atoms with Crippen molar-refractivity contribution in [1.29, 1.82) is 0 Å². The third kappa shape index (κ3) is 2.26. The zero-order chi connectivity index (χ0) is 14.1. The predicted molar refractivity (Wildman–Crippen MR) is 77.1 cm³/mol. The molecule has 3 rings (SSSR count). The summed E-state index contributed by atoms with van der Waals surface area (Å²) in [6.07, 6.45) is 10.3. The van der Waals surface area contributed by atoms with Gasteiger partial charge in [0.1, 0.15) is 0 Å². The molecule has 0 aromatic rings. The summed E-state index contributed by atoms with van der Waals surface area (Å²) in [7, 11) is 0. The van der Waals surface area contributed by atoms with Crippen molar-refractivity contribution in [3.8, 4) is 0 Å². The highest BCUT2D eigenvalue weighted by atomic mass is 16.2. The SMILES string of the molecule is CCC(=O)N=C1C=CC2C(=C1)NC(=O)C1=C2CCCC1. The molecule has 0 spiro atoms. The van der Waals surface area contributed by atoms with Crippen LogP contribution < -0.4 is 5.32 Å². The first-order chi connectivity index (χ1) is 9.69. The van der Waals surface area contributed by atoms with Crippen LogP contribution >= 0.6 is 0 Å². The number of allylic oxidation sites excluding steroid dienone is 3. The third-order valence-electron chi connectivity index (χ3n) is 4.07. The summed E-state index contributed by atoms with van der Waals surface area (Å²) in [4.78, 5) is 27.5. The van der Waals surface area contributed by atoms with Crippen molar-refractivity contribution >= 4 is 17.5 Å². The van der Waals surface area contributed by atoms with E-state index >= 15 is 0 Å². The van der Waals surface area contributed by atoms with E-state index in [1.807, 2.05) is 12.2 Å². The molecular weight excluding hydrogens is 252 g/mol. The van der Waals surface area contributed by atoms with Gasteiger partial charge in [-0.2, -0.15) is 0 Å². The number of carbonyl (C=O) groups is 2. The van der Waals surface area contributed by atoms with E-state index in [0.29, 0.717) is 12.1 Å². The number of amides is 2. The van der Waals surface area contributed by atoms with Gasteiger partial charge in [-0.05, 0) is 43.4 Å². The lowest BCUT2D eigenvalue weighted by atomic mass is 9.77. The normalized spacial score (nSPS) is 26.9. The largest absolute Gasteiger partial charge is 0.325 e. The summed E-state index contributed by atoms with van der Waals surface area (Å²) in [5, 5.41) is 2.96. The minimum absolute atomic E-state index is 0.0265. The van der Waals surface area contributed by atoms with Crippen LogP contribution in [0.3, 0.4) is 0 Å². The van der Waals surface area contributed by atoms with E-state index < -0.39 is 0 Å². The van der Waals surface area contributed by atoms with Crippen molar-refractivity contribution in [3.63, 3.8) is 0 Å². The molecule has 0 saturated heterocycles. The van der Waals surface area contributed by atoms with E-state index in [0.717, 1.165) is 37.0 Å². The van der Waals surface area contributed by atoms with Gasteiger partial charge in [-0.15, -0.1) is 0 Å². The molecule has 1 atom stereocenters. The second-order valence-electron chi connectivity index (χ2n) is 5.39. The minimum atomic E-state index is -0.139. The van der Waals surface area contributed by atoms with Gasteiger partial charge >= 0.3 is 0 Å². The average molecular weight is 270 g/mol. The van der Waals surface area contributed by atoms with Gasteiger partial charge in [-0.1, -0.05) is 13.0 Å². The van der Waals surface area contributed by atoms with Crippen LogP contribution in [0, 0.1) is 5.92 Å². The smallest absolute Gasteiger partial charge is 0.251 e. The first-order valence-corrected chi connectivity index (χ1v) is 7.23. The van der Waals surface area contributed by atoms with E-state index in [2.05, 4.69) is 16.4 Å². The molecule has 2 amide bonds. The highest BCUT2D eigenvalue weighted by Crippen LogP contribution is 2.38. The number of hydrogen-bond donors (Lipinski definition) is 1. The fourth-order valence-electron chi connectivity index (χ4n) is 3.04. The molecule has 0 bridgehead atoms. The van der Waals surface area contributed by atoms with Gasteiger partial charge in [0.2, 0.25) is 5.91 Å². The van der Waals surface area contributed by atoms with Crippen molar-refractivity contribution in [2.75, 3.05) is 0 Å². The molecule has 3 aliphatic rings. The molecule has 104 valence electrons. The molecule has 0 radical (unpaired) electrons. The van der Waals surface area contributed by atoms with Crippen molar-refractivity contribution in [3.05, 3.63) is 35.1 Å². The maximum atomic E-state index is 12.1. The molecule has 1 aliphatic heterocycles. The number of nitrogens with one attached hydrogen (secondary N) is 1. The molecule has 2 aliphatic carbocycles. The first-order valence-electron chi connectivity index (χ1n) is 7.23. The molecule has 1 heterocycles. The summed E-state index contributed by atoms with van der Waals surface area (Å²) < 4.78 is 0. The van der Waals surface area contributed by atoms with Crippen molar-refractivity contribution in [2.24, 2.45) is 10.9 Å². The second-order valence-corrected chi connectivity index (χ2v) is 5.39. The Morgan fingerprint density at radius 3 is 3.00 bits per heavy atom. The Morgan fingerprint density at radius 2 is 2.20 bits per heavy atom. The number of aliphatic imine (C=N–C) groups is 1. The highest BCUT2D eigenvalue weighted by molar-refractivity contribution is 6.11. The third-order valence-corrected chi connectivity index (χ3v) is 4.07. The number of fused-ring (bicyclic) bond motifs is 2. The summed E-state index contributed by atoms with van der Waals surface area (Å²) in [5.41, 5.74) is 3.71. The zero-order valence-electron chi connectivity index (χ0n) is 11.6. The van der Waals surface area contributed by atoms with Gasteiger partial charge in [0.15, 0.2) is 0 Å². The van der Waals surface area contributed by atoms with Gasteiger partial charge in [-0.25, -0.2) is 4.99 Å². The number of rotatable bonds is 1. The van der Waals surface area contributed by atoms with Crippen LogP contribution in [0.25, 0.3) is 0 Å². The number of carbonyl (C=O) groups excluding carboxylic acids is 2. The van der Waals surface area contributed by atoms with Crippen molar-refractivity contribution in [1.82, 2.24) is 5.32 Å². The van der Waals surface area contributed by atoms with E-state index in [-0.39, 0.29) is 17.7 Å². The first kappa shape index (κ1) is 13.0. The number of hydrogen-bond acceptors (Lipinski definition) is 2. The maximum absolute atomic E-state index is 12.1. The van der Waals surface area contributed by atoms with Crippen LogP contribution in [-0.4, -0.2) is 17.5 Å². The van der Waals surface area contributed by atoms with Crippen LogP contribution in [0.4, 0.5) is 0 Å². The molecule has 0 saturated carbocycles. The summed E-state index contributed by atoms with van der Waals surface area (Å²) in [6.45, 7) is 1.79. The van der Waals surface area contributed by atoms with Crippen LogP contribution in [0.5, 0.6) is 0 Å². The molecule has 1 N–H and O–H groups in total. The van der Waals surface area contributed by atoms with Gasteiger partial charge < -0.3 is 5.32 Å². The number of nitrogens with zero attached hydrogens (tertiary/aromatic N) is 1. The lowest BCUT2D eigenvalue weighted by Gasteiger charge is -2.33. The molecule has 0 aromatic carbocycles. The quantitative estimate of drug-likeness (QED) is 0.795. The van der Waals surface area contributed by atoms with Crippen LogP contribution in [0.1, 0.15) is 39.0 Å². The lowest BCUT2D eigenvalue weighted by molar-refractivity contribution is -0.118. The second kappa shape index (κ2) is 5.19. The molecule has 20 heavy (non-hydrogen) atoms. The standard InChI is InChI=1S/C16H18N2O2/c1-2-15(19)17-10-7-8-12-11-5-3-4-6-13(11)16(20)18-14(12)9-10/h7-9,12H,2-6H2,1H3,(H,18,20). The fourth-order valence-corrected chi connectivity index (χ4v) is 3.04. The summed E-state index contributed by atoms with van der Waals surface area (Å²) in [5.74, 6) is 0.0528. The van der Waals surface area contributed by atoms with Gasteiger partial charge in [0, 0.05) is 23.6 Å². The van der Waals surface area contributed by atoms with Gasteiger partial charge in [0.25, 0.3) is 5.91 Å². The summed E-state index contributed by atoms with van der Waals surface area (Å²) >= 11 is 0. The highest BCUT2D eigenvalue weighted by Gasteiger charge is 2.32. The van der Waals surface area contributed by atoms with Crippen LogP contribution in [0.2, 0.25) is 0 Å². The Balaban J connectivity index is 1.94. The Morgan fingerprint density at radius 1 is 1.40 bits per heavy atom. The van der Waals surface area contributed by atoms with Crippen LogP contribution in [0.15, 0.2) is 40.1 Å². The zero-order valence-corrected chi connectivity index (χ0v) is 11.6. The average Bonchev–Trinajstić information content (AvgIpc) is 2.47. The lowest BCUT2D eigenvalue weighted by Crippen LogP contribution is -2.37. The van der Waals surface area contributed by atoms with E-state index in [4.69, 9.17) is 0 Å². The molecular formula is C16H18N2O2. The fraction of sp³-hybridized carbons (Fsp3) is 0.438. The van der Waals surface area contributed by atoms with Gasteiger partial charge in [0.05, 0.1) is 5.71 Å². The molecule has 4 nitrogen and oxygen atoms in total. The Labute approximate surface area is 118 Å². The maximum Gasteiger partial charge on any atom is 0.251 e. The van der Waals surface area contributed by atoms with E-state index in [9.17, 15) is 9.59 Å². The van der Waals surface area contributed by atoms with E-state index in [1.54, 1.807) is 6.92 Å². The monoisotopic (exact) mass is 270 g/mol. The molecule has 1 unspecified atom stereocenters. The molecule has 0 fully saturated rings. The predicted octanol–water partition coefficient (Wildman–Crippen LogP) is 2.43. The topological polar surface area (TPSA) is 58.5 Å².